The average molecular weight is 326 g/mol. The van der Waals surface area contributed by atoms with Crippen LogP contribution in [0.15, 0.2) is 48.5 Å². The van der Waals surface area contributed by atoms with Crippen LogP contribution >= 0.6 is 0 Å². The van der Waals surface area contributed by atoms with Gasteiger partial charge in [0.25, 0.3) is 0 Å². The monoisotopic (exact) mass is 326 g/mol. The third kappa shape index (κ3) is 3.94. The van der Waals surface area contributed by atoms with Gasteiger partial charge in [-0.2, -0.15) is 0 Å². The van der Waals surface area contributed by atoms with Crippen LogP contribution in [0.1, 0.15) is 42.9 Å². The number of carbonyl (C=O) groups is 1. The predicted molar refractivity (Wildman–Crippen MR) is 94.5 cm³/mol. The highest BCUT2D eigenvalue weighted by Gasteiger charge is 2.26. The first-order chi connectivity index (χ1) is 11.6. The van der Waals surface area contributed by atoms with Gasteiger partial charge in [0.05, 0.1) is 6.04 Å². The molecule has 3 nitrogen and oxygen atoms in total. The number of aryl methyl sites for hydroxylation is 1. The third-order valence-corrected chi connectivity index (χ3v) is 4.52. The van der Waals surface area contributed by atoms with E-state index in [-0.39, 0.29) is 17.9 Å². The molecule has 0 bridgehead atoms. The molecule has 0 spiro atoms. The lowest BCUT2D eigenvalue weighted by Gasteiger charge is -2.30. The van der Waals surface area contributed by atoms with Gasteiger partial charge in [0.15, 0.2) is 0 Å². The highest BCUT2D eigenvalue weighted by atomic mass is 19.1. The Morgan fingerprint density at radius 3 is 2.75 bits per heavy atom. The number of rotatable bonds is 2. The number of hydrogen-bond acceptors (Lipinski definition) is 1. The first-order valence-corrected chi connectivity index (χ1v) is 8.53. The van der Waals surface area contributed by atoms with E-state index in [0.717, 1.165) is 32.2 Å². The number of anilines is 1. The van der Waals surface area contributed by atoms with Gasteiger partial charge in [-0.1, -0.05) is 48.7 Å². The molecule has 0 aliphatic carbocycles. The zero-order valence-electron chi connectivity index (χ0n) is 14.0. The summed E-state index contributed by atoms with van der Waals surface area (Å²) in [5.74, 6) is -0.348. The largest absolute Gasteiger partial charge is 0.322 e. The molecule has 0 radical (unpaired) electrons. The van der Waals surface area contributed by atoms with E-state index in [1.807, 2.05) is 11.0 Å². The Bertz CT molecular complexity index is 716. The fourth-order valence-corrected chi connectivity index (χ4v) is 3.34. The SMILES string of the molecule is Cc1cccc([C@H]2CCCCCN2C(=O)Nc2cccc(F)c2)c1. The molecule has 2 aromatic rings. The van der Waals surface area contributed by atoms with Crippen molar-refractivity contribution in [1.29, 1.82) is 0 Å². The summed E-state index contributed by atoms with van der Waals surface area (Å²) >= 11 is 0. The molecule has 126 valence electrons. The summed E-state index contributed by atoms with van der Waals surface area (Å²) in [4.78, 5) is 14.7. The summed E-state index contributed by atoms with van der Waals surface area (Å²) in [6.07, 6.45) is 4.20. The van der Waals surface area contributed by atoms with Crippen molar-refractivity contribution in [2.45, 2.75) is 38.6 Å². The van der Waals surface area contributed by atoms with Crippen LogP contribution in [0.25, 0.3) is 0 Å². The molecule has 1 aliphatic heterocycles. The average Bonchev–Trinajstić information content (AvgIpc) is 2.81. The van der Waals surface area contributed by atoms with Gasteiger partial charge in [-0.3, -0.25) is 0 Å². The summed E-state index contributed by atoms with van der Waals surface area (Å²) in [7, 11) is 0. The second-order valence-corrected chi connectivity index (χ2v) is 6.41. The Kier molecular flexibility index (Phi) is 5.14. The molecule has 1 N–H and O–H groups in total. The Hall–Kier alpha value is -2.36. The van der Waals surface area contributed by atoms with Crippen LogP contribution in [0.2, 0.25) is 0 Å². The van der Waals surface area contributed by atoms with Crippen molar-refractivity contribution in [1.82, 2.24) is 4.90 Å². The molecule has 1 fully saturated rings. The first-order valence-electron chi connectivity index (χ1n) is 8.53. The van der Waals surface area contributed by atoms with E-state index < -0.39 is 0 Å². The van der Waals surface area contributed by atoms with Crippen molar-refractivity contribution in [3.8, 4) is 0 Å². The van der Waals surface area contributed by atoms with Gasteiger partial charge >= 0.3 is 6.03 Å². The number of halogens is 1. The zero-order chi connectivity index (χ0) is 16.9. The van der Waals surface area contributed by atoms with Crippen LogP contribution in [-0.2, 0) is 0 Å². The number of hydrogen-bond donors (Lipinski definition) is 1. The van der Waals surface area contributed by atoms with E-state index in [2.05, 4.69) is 30.4 Å². The number of amides is 2. The number of nitrogens with zero attached hydrogens (tertiary/aromatic N) is 1. The highest BCUT2D eigenvalue weighted by Crippen LogP contribution is 2.31. The van der Waals surface area contributed by atoms with Crippen molar-refractivity contribution in [2.24, 2.45) is 0 Å². The van der Waals surface area contributed by atoms with Gasteiger partial charge < -0.3 is 10.2 Å². The van der Waals surface area contributed by atoms with Crippen LogP contribution < -0.4 is 5.32 Å². The molecule has 1 heterocycles. The maximum atomic E-state index is 13.3. The number of benzene rings is 2. The number of urea groups is 1. The Morgan fingerprint density at radius 1 is 1.12 bits per heavy atom. The first kappa shape index (κ1) is 16.5. The fraction of sp³-hybridized carbons (Fsp3) is 0.350. The molecule has 2 aromatic carbocycles. The van der Waals surface area contributed by atoms with Crippen molar-refractivity contribution in [3.63, 3.8) is 0 Å². The minimum atomic E-state index is -0.348. The molecule has 0 aromatic heterocycles. The molecule has 1 saturated heterocycles. The molecular weight excluding hydrogens is 303 g/mol. The van der Waals surface area contributed by atoms with Crippen LogP contribution in [-0.4, -0.2) is 17.5 Å². The van der Waals surface area contributed by atoms with E-state index in [0.29, 0.717) is 5.69 Å². The molecule has 1 aliphatic rings. The maximum Gasteiger partial charge on any atom is 0.322 e. The number of carbonyl (C=O) groups excluding carboxylic acids is 1. The summed E-state index contributed by atoms with van der Waals surface area (Å²) in [5.41, 5.74) is 2.86. The zero-order valence-corrected chi connectivity index (χ0v) is 14.0. The fourth-order valence-electron chi connectivity index (χ4n) is 3.34. The topological polar surface area (TPSA) is 32.3 Å². The number of likely N-dealkylation sites (tertiary alicyclic amines) is 1. The summed E-state index contributed by atoms with van der Waals surface area (Å²) < 4.78 is 13.3. The summed E-state index contributed by atoms with van der Waals surface area (Å²) in [6.45, 7) is 2.79. The van der Waals surface area contributed by atoms with E-state index >= 15 is 0 Å². The smallest absolute Gasteiger partial charge is 0.317 e. The van der Waals surface area contributed by atoms with Gasteiger partial charge in [0.1, 0.15) is 5.82 Å². The standard InChI is InChI=1S/C20H23FN2O/c1-15-7-5-8-16(13-15)19-11-3-2-4-12-23(19)20(24)22-18-10-6-9-17(21)14-18/h5-10,13-14,19H,2-4,11-12H2,1H3,(H,22,24)/t19-/m1/s1. The van der Waals surface area contributed by atoms with Crippen molar-refractivity contribution >= 4 is 11.7 Å². The van der Waals surface area contributed by atoms with Crippen LogP contribution in [0.5, 0.6) is 0 Å². The molecule has 0 unspecified atom stereocenters. The van der Waals surface area contributed by atoms with Crippen LogP contribution in [0.4, 0.5) is 14.9 Å². The van der Waals surface area contributed by atoms with E-state index in [1.165, 1.54) is 23.3 Å². The highest BCUT2D eigenvalue weighted by molar-refractivity contribution is 5.89. The third-order valence-electron chi connectivity index (χ3n) is 4.52. The molecule has 1 atom stereocenters. The quantitative estimate of drug-likeness (QED) is 0.799. The number of nitrogens with one attached hydrogen (secondary N) is 1. The van der Waals surface area contributed by atoms with Gasteiger partial charge in [0, 0.05) is 12.2 Å². The van der Waals surface area contributed by atoms with E-state index in [9.17, 15) is 9.18 Å². The molecular formula is C20H23FN2O. The van der Waals surface area contributed by atoms with Gasteiger partial charge in [-0.25, -0.2) is 9.18 Å². The predicted octanol–water partition coefficient (Wildman–Crippen LogP) is 5.28. The second kappa shape index (κ2) is 7.47. The van der Waals surface area contributed by atoms with E-state index in [4.69, 9.17) is 0 Å². The Balaban J connectivity index is 1.82. The minimum absolute atomic E-state index is 0.0703. The lowest BCUT2D eigenvalue weighted by atomic mass is 9.99. The molecule has 2 amide bonds. The lowest BCUT2D eigenvalue weighted by Crippen LogP contribution is -2.38. The van der Waals surface area contributed by atoms with Crippen LogP contribution in [0, 0.1) is 12.7 Å². The normalized spacial score (nSPS) is 18.1. The summed E-state index contributed by atoms with van der Waals surface area (Å²) in [6, 6.07) is 14.3. The Labute approximate surface area is 142 Å². The minimum Gasteiger partial charge on any atom is -0.317 e. The van der Waals surface area contributed by atoms with Crippen molar-refractivity contribution in [3.05, 3.63) is 65.5 Å². The lowest BCUT2D eigenvalue weighted by molar-refractivity contribution is 0.189. The molecule has 3 rings (SSSR count). The second-order valence-electron chi connectivity index (χ2n) is 6.41. The van der Waals surface area contributed by atoms with Crippen molar-refractivity contribution in [2.75, 3.05) is 11.9 Å². The molecule has 4 heteroatoms. The van der Waals surface area contributed by atoms with Gasteiger partial charge in [-0.15, -0.1) is 0 Å². The summed E-state index contributed by atoms with van der Waals surface area (Å²) in [5, 5.41) is 2.84. The maximum absolute atomic E-state index is 13.3. The van der Waals surface area contributed by atoms with Gasteiger partial charge in [-0.05, 0) is 43.5 Å². The molecule has 0 saturated carbocycles. The Morgan fingerprint density at radius 2 is 1.96 bits per heavy atom. The van der Waals surface area contributed by atoms with Crippen LogP contribution in [0.3, 0.4) is 0 Å². The molecule has 24 heavy (non-hydrogen) atoms. The van der Waals surface area contributed by atoms with E-state index in [1.54, 1.807) is 12.1 Å². The van der Waals surface area contributed by atoms with Gasteiger partial charge in [0.2, 0.25) is 0 Å². The van der Waals surface area contributed by atoms with Crippen molar-refractivity contribution < 1.29 is 9.18 Å².